The molecule has 6 heteroatoms. The highest BCUT2D eigenvalue weighted by Crippen LogP contribution is 2.28. The van der Waals surface area contributed by atoms with Gasteiger partial charge in [-0.2, -0.15) is 5.10 Å². The molecule has 0 N–H and O–H groups in total. The maximum atomic E-state index is 12.6. The molecule has 3 heterocycles. The molecule has 0 spiro atoms. The van der Waals surface area contributed by atoms with E-state index in [1.165, 1.54) is 22.6 Å². The first kappa shape index (κ1) is 15.1. The molecule has 1 amide bonds. The lowest BCUT2D eigenvalue weighted by molar-refractivity contribution is 0.0757. The van der Waals surface area contributed by atoms with Gasteiger partial charge in [0.15, 0.2) is 0 Å². The number of carbonyl (C=O) groups excluding carboxylic acids is 1. The zero-order chi connectivity index (χ0) is 16.5. The molecule has 122 valence electrons. The number of carbonyl (C=O) groups is 1. The number of nitrogens with zero attached hydrogens (tertiary/aromatic N) is 4. The minimum absolute atomic E-state index is 0.0262. The fourth-order valence-electron chi connectivity index (χ4n) is 3.29. The topological polar surface area (TPSA) is 51.0 Å². The first-order valence-corrected chi connectivity index (χ1v) is 8.96. The first-order chi connectivity index (χ1) is 11.7. The molecule has 0 saturated carbocycles. The Hall–Kier alpha value is -2.47. The quantitative estimate of drug-likeness (QED) is 0.722. The zero-order valence-corrected chi connectivity index (χ0v) is 14.3. The van der Waals surface area contributed by atoms with E-state index in [2.05, 4.69) is 17.1 Å². The van der Waals surface area contributed by atoms with Crippen LogP contribution in [0.25, 0.3) is 11.3 Å². The predicted octanol–water partition coefficient (Wildman–Crippen LogP) is 2.78. The number of amides is 1. The third kappa shape index (κ3) is 2.63. The van der Waals surface area contributed by atoms with E-state index < -0.39 is 0 Å². The molecule has 5 nitrogen and oxygen atoms in total. The number of aryl methyl sites for hydroxylation is 1. The lowest BCUT2D eigenvalue weighted by Crippen LogP contribution is -2.33. The summed E-state index contributed by atoms with van der Waals surface area (Å²) >= 11 is 1.46. The fraction of sp³-hybridized carbons (Fsp3) is 0.278. The molecular weight excluding hydrogens is 320 g/mol. The second kappa shape index (κ2) is 6.20. The summed E-state index contributed by atoms with van der Waals surface area (Å²) in [5, 5.41) is 6.54. The van der Waals surface area contributed by atoms with Gasteiger partial charge < -0.3 is 4.90 Å². The highest BCUT2D eigenvalue weighted by atomic mass is 32.1. The van der Waals surface area contributed by atoms with E-state index in [4.69, 9.17) is 5.10 Å². The van der Waals surface area contributed by atoms with Gasteiger partial charge >= 0.3 is 0 Å². The molecule has 2 aromatic heterocycles. The van der Waals surface area contributed by atoms with Gasteiger partial charge in [0.1, 0.15) is 5.69 Å². The summed E-state index contributed by atoms with van der Waals surface area (Å²) in [5.74, 6) is 0.0262. The van der Waals surface area contributed by atoms with Crippen molar-refractivity contribution in [3.63, 3.8) is 0 Å². The van der Waals surface area contributed by atoms with Gasteiger partial charge in [-0.05, 0) is 6.42 Å². The Morgan fingerprint density at radius 3 is 2.71 bits per heavy atom. The second-order valence-electron chi connectivity index (χ2n) is 5.93. The minimum atomic E-state index is 0.0262. The molecule has 0 aliphatic carbocycles. The summed E-state index contributed by atoms with van der Waals surface area (Å²) in [6, 6.07) is 10.3. The summed E-state index contributed by atoms with van der Waals surface area (Å²) in [7, 11) is 1.99. The molecule has 0 fully saturated rings. The van der Waals surface area contributed by atoms with E-state index >= 15 is 0 Å². The zero-order valence-electron chi connectivity index (χ0n) is 13.5. The van der Waals surface area contributed by atoms with Crippen LogP contribution in [0.15, 0.2) is 41.2 Å². The SMILES string of the molecule is Cn1nc(-c2ccccc2)c2c1CCN(C(=O)c1cscn1)CC2. The minimum Gasteiger partial charge on any atom is -0.337 e. The molecular formula is C18H18N4OS. The Morgan fingerprint density at radius 2 is 1.96 bits per heavy atom. The van der Waals surface area contributed by atoms with Gasteiger partial charge in [-0.15, -0.1) is 11.3 Å². The number of hydrogen-bond donors (Lipinski definition) is 0. The Balaban J connectivity index is 1.63. The molecule has 1 aliphatic heterocycles. The van der Waals surface area contributed by atoms with Gasteiger partial charge in [-0.3, -0.25) is 9.48 Å². The van der Waals surface area contributed by atoms with Crippen LogP contribution in [0, 0.1) is 0 Å². The van der Waals surface area contributed by atoms with Crippen LogP contribution < -0.4 is 0 Å². The van der Waals surface area contributed by atoms with E-state index in [1.54, 1.807) is 5.51 Å². The monoisotopic (exact) mass is 338 g/mol. The Bertz CT molecular complexity index is 855. The molecule has 0 unspecified atom stereocenters. The van der Waals surface area contributed by atoms with Gasteiger partial charge in [0, 0.05) is 48.8 Å². The number of rotatable bonds is 2. The maximum Gasteiger partial charge on any atom is 0.273 e. The van der Waals surface area contributed by atoms with E-state index in [-0.39, 0.29) is 5.91 Å². The molecule has 0 radical (unpaired) electrons. The molecule has 3 aromatic rings. The van der Waals surface area contributed by atoms with Crippen molar-refractivity contribution in [1.82, 2.24) is 19.7 Å². The molecule has 24 heavy (non-hydrogen) atoms. The third-order valence-corrected chi connectivity index (χ3v) is 5.10. The standard InChI is InChI=1S/C18H18N4OS/c1-21-16-8-10-22(18(23)15-11-24-12-19-15)9-7-14(16)17(20-21)13-5-3-2-4-6-13/h2-6,11-12H,7-10H2,1H3. The average Bonchev–Trinajstić information content (AvgIpc) is 3.18. The average molecular weight is 338 g/mol. The second-order valence-corrected chi connectivity index (χ2v) is 6.65. The lowest BCUT2D eigenvalue weighted by Gasteiger charge is -2.19. The lowest BCUT2D eigenvalue weighted by atomic mass is 10.0. The molecule has 4 rings (SSSR count). The van der Waals surface area contributed by atoms with Crippen LogP contribution >= 0.6 is 11.3 Å². The van der Waals surface area contributed by atoms with Crippen LogP contribution in [0.2, 0.25) is 0 Å². The van der Waals surface area contributed by atoms with Crippen LogP contribution in [-0.2, 0) is 19.9 Å². The van der Waals surface area contributed by atoms with Crippen LogP contribution in [0.3, 0.4) is 0 Å². The summed E-state index contributed by atoms with van der Waals surface area (Å²) in [6.45, 7) is 1.41. The van der Waals surface area contributed by atoms with Crippen molar-refractivity contribution < 1.29 is 4.79 Å². The van der Waals surface area contributed by atoms with Crippen molar-refractivity contribution in [1.29, 1.82) is 0 Å². The van der Waals surface area contributed by atoms with Crippen molar-refractivity contribution in [3.05, 3.63) is 58.2 Å². The fourth-order valence-corrected chi connectivity index (χ4v) is 3.81. The van der Waals surface area contributed by atoms with E-state index in [1.807, 2.05) is 40.2 Å². The predicted molar refractivity (Wildman–Crippen MR) is 94.1 cm³/mol. The van der Waals surface area contributed by atoms with Crippen LogP contribution in [0.1, 0.15) is 21.7 Å². The first-order valence-electron chi connectivity index (χ1n) is 8.01. The molecule has 1 aromatic carbocycles. The number of aromatic nitrogens is 3. The van der Waals surface area contributed by atoms with Crippen LogP contribution in [0.5, 0.6) is 0 Å². The van der Waals surface area contributed by atoms with Gasteiger partial charge in [-0.25, -0.2) is 4.98 Å². The number of benzene rings is 1. The van der Waals surface area contributed by atoms with Crippen molar-refractivity contribution in [2.45, 2.75) is 12.8 Å². The van der Waals surface area contributed by atoms with Crippen molar-refractivity contribution in [2.24, 2.45) is 7.05 Å². The Labute approximate surface area is 144 Å². The van der Waals surface area contributed by atoms with E-state index in [0.29, 0.717) is 18.8 Å². The van der Waals surface area contributed by atoms with Gasteiger partial charge in [-0.1, -0.05) is 30.3 Å². The highest BCUT2D eigenvalue weighted by molar-refractivity contribution is 7.07. The molecule has 1 aliphatic rings. The Kier molecular flexibility index (Phi) is 3.90. The van der Waals surface area contributed by atoms with Crippen molar-refractivity contribution >= 4 is 17.2 Å². The van der Waals surface area contributed by atoms with Gasteiger partial charge in [0.25, 0.3) is 5.91 Å². The third-order valence-electron chi connectivity index (χ3n) is 4.51. The Morgan fingerprint density at radius 1 is 1.17 bits per heavy atom. The maximum absolute atomic E-state index is 12.6. The summed E-state index contributed by atoms with van der Waals surface area (Å²) in [4.78, 5) is 18.6. The molecule has 0 bridgehead atoms. The van der Waals surface area contributed by atoms with Gasteiger partial charge in [0.05, 0.1) is 11.2 Å². The van der Waals surface area contributed by atoms with Crippen molar-refractivity contribution in [3.8, 4) is 11.3 Å². The summed E-state index contributed by atoms with van der Waals surface area (Å²) in [6.07, 6.45) is 1.64. The van der Waals surface area contributed by atoms with E-state index in [0.717, 1.165) is 24.1 Å². The van der Waals surface area contributed by atoms with E-state index in [9.17, 15) is 4.79 Å². The summed E-state index contributed by atoms with van der Waals surface area (Å²) < 4.78 is 1.97. The number of fused-ring (bicyclic) bond motifs is 1. The van der Waals surface area contributed by atoms with Crippen LogP contribution in [-0.4, -0.2) is 38.7 Å². The van der Waals surface area contributed by atoms with Gasteiger partial charge in [0.2, 0.25) is 0 Å². The smallest absolute Gasteiger partial charge is 0.273 e. The number of hydrogen-bond acceptors (Lipinski definition) is 4. The van der Waals surface area contributed by atoms with Crippen molar-refractivity contribution in [2.75, 3.05) is 13.1 Å². The summed E-state index contributed by atoms with van der Waals surface area (Å²) in [5.41, 5.74) is 6.91. The molecule has 0 atom stereocenters. The normalized spacial score (nSPS) is 14.3. The number of thiazole rings is 1. The largest absolute Gasteiger partial charge is 0.337 e. The highest BCUT2D eigenvalue weighted by Gasteiger charge is 2.25. The van der Waals surface area contributed by atoms with Crippen LogP contribution in [0.4, 0.5) is 0 Å². The molecule has 0 saturated heterocycles.